The number of fused-ring (bicyclic) bond motifs is 6. The van der Waals surface area contributed by atoms with Gasteiger partial charge in [0.25, 0.3) is 0 Å². The van der Waals surface area contributed by atoms with E-state index in [2.05, 4.69) is 111 Å². The van der Waals surface area contributed by atoms with E-state index in [1.807, 2.05) is 54.6 Å². The van der Waals surface area contributed by atoms with Crippen LogP contribution in [0.5, 0.6) is 0 Å². The predicted octanol–water partition coefficient (Wildman–Crippen LogP) is 9.76. The Hall–Kier alpha value is -6.74. The van der Waals surface area contributed by atoms with Crippen LogP contribution in [0.3, 0.4) is 0 Å². The molecule has 8 rings (SSSR count). The molecule has 0 fully saturated rings. The number of benzene rings is 6. The zero-order chi connectivity index (χ0) is 30.5. The van der Waals surface area contributed by atoms with E-state index >= 15 is 0 Å². The van der Waals surface area contributed by atoms with Gasteiger partial charge in [-0.25, -0.2) is 0 Å². The monoisotopic (exact) mass is 573 g/mol. The molecule has 6 aromatic carbocycles. The van der Waals surface area contributed by atoms with Crippen molar-refractivity contribution in [2.45, 2.75) is 0 Å². The second-order valence-corrected chi connectivity index (χ2v) is 10.9. The van der Waals surface area contributed by atoms with Crippen molar-refractivity contribution in [3.8, 4) is 30.2 Å². The molecular formula is C40H23N5. The average Bonchev–Trinajstić information content (AvgIpc) is 3.45. The van der Waals surface area contributed by atoms with E-state index in [0.29, 0.717) is 11.1 Å². The van der Waals surface area contributed by atoms with Crippen molar-refractivity contribution in [1.82, 2.24) is 4.57 Å². The van der Waals surface area contributed by atoms with Crippen LogP contribution >= 0.6 is 0 Å². The first-order valence-electron chi connectivity index (χ1n) is 14.5. The Balaban J connectivity index is 1.58. The molecule has 0 amide bonds. The van der Waals surface area contributed by atoms with E-state index in [-0.39, 0.29) is 0 Å². The third-order valence-corrected chi connectivity index (χ3v) is 8.41. The normalized spacial score (nSPS) is 11.8. The number of hydrogen-bond acceptors (Lipinski definition) is 4. The molecule has 5 nitrogen and oxygen atoms in total. The first-order chi connectivity index (χ1) is 22.2. The maximum Gasteiger partial charge on any atom is 0.0991 e. The molecule has 0 radical (unpaired) electrons. The molecular weight excluding hydrogens is 550 g/mol. The van der Waals surface area contributed by atoms with Crippen molar-refractivity contribution >= 4 is 55.9 Å². The summed E-state index contributed by atoms with van der Waals surface area (Å²) in [7, 11) is 0. The van der Waals surface area contributed by atoms with Gasteiger partial charge in [0, 0.05) is 27.7 Å². The van der Waals surface area contributed by atoms with Crippen molar-refractivity contribution in [2.75, 3.05) is 9.80 Å². The molecule has 0 unspecified atom stereocenters. The summed E-state index contributed by atoms with van der Waals surface area (Å²) in [6.45, 7) is 0. The van der Waals surface area contributed by atoms with E-state index < -0.39 is 0 Å². The molecule has 0 aliphatic carbocycles. The fourth-order valence-electron chi connectivity index (χ4n) is 6.44. The number of para-hydroxylation sites is 5. The van der Waals surface area contributed by atoms with E-state index in [1.165, 1.54) is 0 Å². The van der Waals surface area contributed by atoms with Gasteiger partial charge in [0.1, 0.15) is 0 Å². The SMILES string of the molecule is C#Cc1ccc(N2c3ccccc3N(c3ccc(C#N)cc3)c3ccccc3-n3c4ccc(C#N)cc4c4cccc2c43)cc1. The van der Waals surface area contributed by atoms with Gasteiger partial charge in [-0.1, -0.05) is 42.3 Å². The summed E-state index contributed by atoms with van der Waals surface area (Å²) >= 11 is 0. The standard InChI is InChI=1S/C40H23N5/c1-2-27-14-19-31(20-15-27)44-36-10-4-3-9-35(36)43(30-21-16-28(25-41)17-22-30)37-11-5-6-12-38(37)45-34-23-18-29(26-42)24-33(34)32-8-7-13-39(44)40(32)45/h1,3-24H. The van der Waals surface area contributed by atoms with Gasteiger partial charge in [0.15, 0.2) is 0 Å². The Labute approximate surface area is 260 Å². The summed E-state index contributed by atoms with van der Waals surface area (Å²) in [5, 5.41) is 21.4. The van der Waals surface area contributed by atoms with Gasteiger partial charge < -0.3 is 14.4 Å². The topological polar surface area (TPSA) is 59.0 Å². The number of hydrogen-bond donors (Lipinski definition) is 0. The lowest BCUT2D eigenvalue weighted by molar-refractivity contribution is 1.15. The van der Waals surface area contributed by atoms with E-state index in [1.54, 1.807) is 0 Å². The quantitative estimate of drug-likeness (QED) is 0.193. The third-order valence-electron chi connectivity index (χ3n) is 8.41. The number of anilines is 6. The molecule has 0 atom stereocenters. The summed E-state index contributed by atoms with van der Waals surface area (Å²) in [4.78, 5) is 4.53. The Bertz CT molecular complexity index is 2410. The fraction of sp³-hybridized carbons (Fsp3) is 0. The predicted molar refractivity (Wildman–Crippen MR) is 181 cm³/mol. The van der Waals surface area contributed by atoms with Crippen LogP contribution in [0.2, 0.25) is 0 Å². The second kappa shape index (κ2) is 10.2. The van der Waals surface area contributed by atoms with Crippen LogP contribution in [0, 0.1) is 35.0 Å². The lowest BCUT2D eigenvalue weighted by Gasteiger charge is -2.32. The minimum atomic E-state index is 0.596. The van der Waals surface area contributed by atoms with Crippen LogP contribution in [0.25, 0.3) is 27.5 Å². The smallest absolute Gasteiger partial charge is 0.0991 e. The number of nitrogens with zero attached hydrogens (tertiary/aromatic N) is 5. The molecule has 1 aliphatic rings. The van der Waals surface area contributed by atoms with Crippen LogP contribution < -0.4 is 9.80 Å². The van der Waals surface area contributed by atoms with Gasteiger partial charge in [0.05, 0.1) is 62.7 Å². The zero-order valence-electron chi connectivity index (χ0n) is 24.0. The highest BCUT2D eigenvalue weighted by Gasteiger charge is 2.29. The number of nitriles is 2. The molecule has 7 aromatic rings. The summed E-state index contributed by atoms with van der Waals surface area (Å²) < 4.78 is 2.31. The molecule has 1 aliphatic heterocycles. The van der Waals surface area contributed by atoms with E-state index in [0.717, 1.165) is 67.2 Å². The third kappa shape index (κ3) is 3.95. The molecule has 0 saturated carbocycles. The van der Waals surface area contributed by atoms with Crippen molar-refractivity contribution in [3.05, 3.63) is 150 Å². The summed E-state index contributed by atoms with van der Waals surface area (Å²) in [5.74, 6) is 2.74. The highest BCUT2D eigenvalue weighted by molar-refractivity contribution is 6.16. The van der Waals surface area contributed by atoms with Crippen LogP contribution in [-0.2, 0) is 0 Å². The zero-order valence-corrected chi connectivity index (χ0v) is 24.0. The van der Waals surface area contributed by atoms with Gasteiger partial charge in [-0.2, -0.15) is 10.5 Å². The maximum atomic E-state index is 9.82. The Kier molecular flexibility index (Phi) is 5.88. The van der Waals surface area contributed by atoms with E-state index in [9.17, 15) is 10.5 Å². The van der Waals surface area contributed by atoms with Gasteiger partial charge in [-0.3, -0.25) is 0 Å². The minimum Gasteiger partial charge on any atom is -0.306 e. The number of terminal acetylenes is 1. The first-order valence-corrected chi connectivity index (χ1v) is 14.5. The maximum absolute atomic E-state index is 9.82. The Morgan fingerprint density at radius 3 is 1.58 bits per heavy atom. The molecule has 2 heterocycles. The molecule has 0 bridgehead atoms. The summed E-state index contributed by atoms with van der Waals surface area (Å²) in [5.41, 5.74) is 10.8. The lowest BCUT2D eigenvalue weighted by atomic mass is 10.1. The van der Waals surface area contributed by atoms with Crippen LogP contribution in [-0.4, -0.2) is 4.57 Å². The van der Waals surface area contributed by atoms with E-state index in [4.69, 9.17) is 6.42 Å². The van der Waals surface area contributed by atoms with Gasteiger partial charge in [-0.05, 0) is 97.1 Å². The van der Waals surface area contributed by atoms with Gasteiger partial charge >= 0.3 is 0 Å². The molecule has 45 heavy (non-hydrogen) atoms. The van der Waals surface area contributed by atoms with Crippen molar-refractivity contribution < 1.29 is 0 Å². The van der Waals surface area contributed by atoms with Crippen LogP contribution in [0.4, 0.5) is 34.1 Å². The minimum absolute atomic E-state index is 0.596. The summed E-state index contributed by atoms with van der Waals surface area (Å²) in [6.07, 6.45) is 5.75. The fourth-order valence-corrected chi connectivity index (χ4v) is 6.44. The molecule has 208 valence electrons. The molecule has 0 saturated heterocycles. The second-order valence-electron chi connectivity index (χ2n) is 10.9. The molecule has 0 spiro atoms. The number of rotatable bonds is 2. The summed E-state index contributed by atoms with van der Waals surface area (Å²) in [6, 6.07) is 49.3. The highest BCUT2D eigenvalue weighted by atomic mass is 15.2. The van der Waals surface area contributed by atoms with Crippen molar-refractivity contribution in [2.24, 2.45) is 0 Å². The number of aromatic nitrogens is 1. The van der Waals surface area contributed by atoms with Crippen molar-refractivity contribution in [1.29, 1.82) is 10.5 Å². The van der Waals surface area contributed by atoms with Crippen LogP contribution in [0.1, 0.15) is 16.7 Å². The van der Waals surface area contributed by atoms with Gasteiger partial charge in [-0.15, -0.1) is 6.42 Å². The Morgan fingerprint density at radius 2 is 0.978 bits per heavy atom. The molecule has 1 aromatic heterocycles. The molecule has 0 N–H and O–H groups in total. The highest BCUT2D eigenvalue weighted by Crippen LogP contribution is 2.51. The van der Waals surface area contributed by atoms with Crippen molar-refractivity contribution in [3.63, 3.8) is 0 Å². The molecule has 5 heteroatoms. The van der Waals surface area contributed by atoms with Gasteiger partial charge in [0.2, 0.25) is 0 Å². The average molecular weight is 574 g/mol. The van der Waals surface area contributed by atoms with Crippen LogP contribution in [0.15, 0.2) is 133 Å². The lowest BCUT2D eigenvalue weighted by Crippen LogP contribution is -2.16. The largest absolute Gasteiger partial charge is 0.306 e. The first kappa shape index (κ1) is 25.9. The Morgan fingerprint density at radius 1 is 0.467 bits per heavy atom.